The van der Waals surface area contributed by atoms with Gasteiger partial charge in [0.15, 0.2) is 0 Å². The van der Waals surface area contributed by atoms with Crippen molar-refractivity contribution in [1.29, 1.82) is 0 Å². The first kappa shape index (κ1) is 34.2. The van der Waals surface area contributed by atoms with Crippen molar-refractivity contribution in [1.82, 2.24) is 10.2 Å². The largest absolute Gasteiger partial charge is 0.417 e. The van der Waals surface area contributed by atoms with E-state index in [1.54, 1.807) is 44.2 Å². The predicted molar refractivity (Wildman–Crippen MR) is 161 cm³/mol. The Balaban J connectivity index is 2.15. The second-order valence-corrected chi connectivity index (χ2v) is 12.5. The maximum absolute atomic E-state index is 14.1. The highest BCUT2D eigenvalue weighted by Gasteiger charge is 2.37. The van der Waals surface area contributed by atoms with Gasteiger partial charge >= 0.3 is 6.18 Å². The maximum Gasteiger partial charge on any atom is 0.417 e. The molecular formula is C30H32Cl2F3N3O4S. The molecule has 3 aromatic rings. The summed E-state index contributed by atoms with van der Waals surface area (Å²) < 4.78 is 69.6. The number of amides is 2. The van der Waals surface area contributed by atoms with E-state index in [4.69, 9.17) is 23.2 Å². The standard InChI is InChI=1S/C30H32Cl2F3N3O4S/c1-4-20(3)36-29(40)27(5-2)37(18-21-11-9-10-14-25(21)31)28(39)19-38(43(41,42)23-12-7-6-8-13-23)22-15-16-26(32)24(17-22)30(33,34)35/h6-17,20,27H,4-5,18-19H2,1-3H3,(H,36,40)/t20-,27-/m0/s1. The summed E-state index contributed by atoms with van der Waals surface area (Å²) in [5.41, 5.74) is -1.20. The van der Waals surface area contributed by atoms with Crippen LogP contribution in [0.15, 0.2) is 77.7 Å². The van der Waals surface area contributed by atoms with Gasteiger partial charge in [-0.3, -0.25) is 13.9 Å². The van der Waals surface area contributed by atoms with E-state index in [9.17, 15) is 31.2 Å². The molecule has 7 nitrogen and oxygen atoms in total. The lowest BCUT2D eigenvalue weighted by atomic mass is 10.1. The van der Waals surface area contributed by atoms with E-state index in [0.717, 1.165) is 12.1 Å². The molecule has 0 bridgehead atoms. The normalized spacial score (nSPS) is 13.2. The third-order valence-corrected chi connectivity index (χ3v) is 9.33. The minimum Gasteiger partial charge on any atom is -0.352 e. The Morgan fingerprint density at radius 2 is 1.53 bits per heavy atom. The summed E-state index contributed by atoms with van der Waals surface area (Å²) in [5, 5.41) is 2.54. The first-order valence-corrected chi connectivity index (χ1v) is 15.7. The van der Waals surface area contributed by atoms with Gasteiger partial charge in [-0.05, 0) is 61.7 Å². The summed E-state index contributed by atoms with van der Waals surface area (Å²) in [7, 11) is -4.57. The zero-order chi connectivity index (χ0) is 31.9. The van der Waals surface area contributed by atoms with Crippen LogP contribution < -0.4 is 9.62 Å². The molecule has 0 aromatic heterocycles. The van der Waals surface area contributed by atoms with E-state index in [0.29, 0.717) is 27.4 Å². The van der Waals surface area contributed by atoms with Crippen molar-refractivity contribution in [2.75, 3.05) is 10.8 Å². The number of hydrogen-bond acceptors (Lipinski definition) is 4. The molecule has 13 heteroatoms. The predicted octanol–water partition coefficient (Wildman–Crippen LogP) is 6.93. The van der Waals surface area contributed by atoms with Crippen molar-refractivity contribution >= 4 is 50.7 Å². The summed E-state index contributed by atoms with van der Waals surface area (Å²) >= 11 is 12.2. The van der Waals surface area contributed by atoms with Crippen LogP contribution in [0.1, 0.15) is 44.7 Å². The lowest BCUT2D eigenvalue weighted by Gasteiger charge is -2.34. The minimum atomic E-state index is -4.89. The maximum atomic E-state index is 14.1. The monoisotopic (exact) mass is 657 g/mol. The number of nitrogens with one attached hydrogen (secondary N) is 1. The Morgan fingerprint density at radius 3 is 2.12 bits per heavy atom. The molecule has 2 atom stereocenters. The van der Waals surface area contributed by atoms with Crippen molar-refractivity contribution in [3.05, 3.63) is 94.0 Å². The fourth-order valence-corrected chi connectivity index (χ4v) is 6.15. The molecule has 0 aliphatic rings. The fraction of sp³-hybridized carbons (Fsp3) is 0.333. The van der Waals surface area contributed by atoms with Crippen molar-refractivity contribution < 1.29 is 31.2 Å². The molecule has 0 aliphatic carbocycles. The number of carbonyl (C=O) groups is 2. The number of alkyl halides is 3. The number of anilines is 1. The summed E-state index contributed by atoms with van der Waals surface area (Å²) in [6.45, 7) is 4.32. The second-order valence-electron chi connectivity index (χ2n) is 9.84. The smallest absolute Gasteiger partial charge is 0.352 e. The first-order valence-electron chi connectivity index (χ1n) is 13.5. The fourth-order valence-electron chi connectivity index (χ4n) is 4.30. The van der Waals surface area contributed by atoms with Gasteiger partial charge in [-0.2, -0.15) is 13.2 Å². The van der Waals surface area contributed by atoms with Crippen LogP contribution in [0, 0.1) is 0 Å². The number of sulfonamides is 1. The Bertz CT molecular complexity index is 1540. The third kappa shape index (κ3) is 8.43. The van der Waals surface area contributed by atoms with Gasteiger partial charge in [0.05, 0.1) is 21.2 Å². The lowest BCUT2D eigenvalue weighted by molar-refractivity contribution is -0.140. The van der Waals surface area contributed by atoms with Crippen LogP contribution in [0.25, 0.3) is 0 Å². The molecular weight excluding hydrogens is 626 g/mol. The van der Waals surface area contributed by atoms with Crippen LogP contribution in [0.5, 0.6) is 0 Å². The molecule has 43 heavy (non-hydrogen) atoms. The van der Waals surface area contributed by atoms with Crippen LogP contribution in [0.3, 0.4) is 0 Å². The molecule has 1 N–H and O–H groups in total. The number of benzene rings is 3. The number of rotatable bonds is 12. The zero-order valence-corrected chi connectivity index (χ0v) is 26.1. The molecule has 232 valence electrons. The van der Waals surface area contributed by atoms with E-state index in [-0.39, 0.29) is 23.9 Å². The highest BCUT2D eigenvalue weighted by atomic mass is 35.5. The zero-order valence-electron chi connectivity index (χ0n) is 23.7. The SMILES string of the molecule is CC[C@H](C)NC(=O)[C@H](CC)N(Cc1ccccc1Cl)C(=O)CN(c1ccc(Cl)c(C(F)(F)F)c1)S(=O)(=O)c1ccccc1. The highest BCUT2D eigenvalue weighted by Crippen LogP contribution is 2.38. The molecule has 3 aromatic carbocycles. The van der Waals surface area contributed by atoms with Gasteiger partial charge in [0.2, 0.25) is 11.8 Å². The van der Waals surface area contributed by atoms with E-state index < -0.39 is 56.9 Å². The van der Waals surface area contributed by atoms with Crippen LogP contribution in [-0.4, -0.2) is 43.8 Å². The molecule has 0 saturated carbocycles. The van der Waals surface area contributed by atoms with E-state index >= 15 is 0 Å². The van der Waals surface area contributed by atoms with Crippen LogP contribution in [0.2, 0.25) is 10.0 Å². The van der Waals surface area contributed by atoms with Gasteiger partial charge in [0.1, 0.15) is 12.6 Å². The molecule has 0 saturated heterocycles. The Labute approximate surface area is 259 Å². The Hall–Kier alpha value is -3.28. The lowest BCUT2D eigenvalue weighted by Crippen LogP contribution is -2.53. The summed E-state index contributed by atoms with van der Waals surface area (Å²) in [6.07, 6.45) is -4.10. The Morgan fingerprint density at radius 1 is 0.907 bits per heavy atom. The average Bonchev–Trinajstić information content (AvgIpc) is 2.96. The van der Waals surface area contributed by atoms with Crippen LogP contribution in [0.4, 0.5) is 18.9 Å². The van der Waals surface area contributed by atoms with E-state index in [1.165, 1.54) is 29.2 Å². The molecule has 0 unspecified atom stereocenters. The average molecular weight is 659 g/mol. The van der Waals surface area contributed by atoms with Crippen molar-refractivity contribution in [2.45, 2.75) is 63.3 Å². The number of carbonyl (C=O) groups excluding carboxylic acids is 2. The first-order chi connectivity index (χ1) is 20.2. The van der Waals surface area contributed by atoms with Crippen molar-refractivity contribution in [2.24, 2.45) is 0 Å². The van der Waals surface area contributed by atoms with Crippen LogP contribution >= 0.6 is 23.2 Å². The number of halogens is 5. The Kier molecular flexibility index (Phi) is 11.5. The molecule has 0 fully saturated rings. The molecule has 2 amide bonds. The summed E-state index contributed by atoms with van der Waals surface area (Å²) in [5.74, 6) is -1.28. The van der Waals surface area contributed by atoms with Gasteiger partial charge in [0.25, 0.3) is 10.0 Å². The number of nitrogens with zero attached hydrogens (tertiary/aromatic N) is 2. The van der Waals surface area contributed by atoms with E-state index in [2.05, 4.69) is 5.32 Å². The molecule has 0 aliphatic heterocycles. The third-order valence-electron chi connectivity index (χ3n) is 6.84. The summed E-state index contributed by atoms with van der Waals surface area (Å²) in [6, 6.07) is 15.0. The quantitative estimate of drug-likeness (QED) is 0.229. The van der Waals surface area contributed by atoms with Crippen molar-refractivity contribution in [3.8, 4) is 0 Å². The van der Waals surface area contributed by atoms with Gasteiger partial charge in [-0.15, -0.1) is 0 Å². The van der Waals surface area contributed by atoms with Crippen molar-refractivity contribution in [3.63, 3.8) is 0 Å². The molecule has 0 heterocycles. The summed E-state index contributed by atoms with van der Waals surface area (Å²) in [4.78, 5) is 28.4. The topological polar surface area (TPSA) is 86.8 Å². The van der Waals surface area contributed by atoms with Gasteiger partial charge in [-0.25, -0.2) is 8.42 Å². The second kappa shape index (κ2) is 14.5. The molecule has 0 spiro atoms. The molecule has 3 rings (SSSR count). The van der Waals surface area contributed by atoms with Crippen LogP contribution in [-0.2, 0) is 32.3 Å². The molecule has 0 radical (unpaired) electrons. The minimum absolute atomic E-state index is 0.154. The van der Waals surface area contributed by atoms with Gasteiger partial charge < -0.3 is 10.2 Å². The van der Waals surface area contributed by atoms with E-state index in [1.807, 2.05) is 6.92 Å². The highest BCUT2D eigenvalue weighted by molar-refractivity contribution is 7.92. The van der Waals surface area contributed by atoms with Gasteiger partial charge in [-0.1, -0.05) is 73.4 Å². The van der Waals surface area contributed by atoms with Gasteiger partial charge in [0, 0.05) is 17.6 Å². The number of hydrogen-bond donors (Lipinski definition) is 1.